The van der Waals surface area contributed by atoms with Gasteiger partial charge < -0.3 is 4.57 Å². The molecule has 0 bridgehead atoms. The molecule has 96 valence electrons. The van der Waals surface area contributed by atoms with Crippen LogP contribution in [-0.2, 0) is 18.3 Å². The lowest BCUT2D eigenvalue weighted by molar-refractivity contribution is 0.619. The molecule has 0 spiro atoms. The monoisotopic (exact) mass is 311 g/mol. The van der Waals surface area contributed by atoms with E-state index in [9.17, 15) is 4.39 Å². The summed E-state index contributed by atoms with van der Waals surface area (Å²) in [5.41, 5.74) is 0.917. The fourth-order valence-corrected chi connectivity index (χ4v) is 2.33. The van der Waals surface area contributed by atoms with Crippen molar-refractivity contribution in [3.05, 3.63) is 47.3 Å². The first-order valence-electron chi connectivity index (χ1n) is 5.96. The second-order valence-electron chi connectivity index (χ2n) is 4.12. The number of halogens is 2. The Morgan fingerprint density at radius 3 is 2.72 bits per heavy atom. The van der Waals surface area contributed by atoms with E-state index >= 15 is 0 Å². The highest BCUT2D eigenvalue weighted by Gasteiger charge is 2.11. The molecule has 2 aromatic rings. The van der Waals surface area contributed by atoms with E-state index in [1.165, 1.54) is 6.07 Å². The summed E-state index contributed by atoms with van der Waals surface area (Å²) >= 11 is 3.41. The first-order valence-corrected chi connectivity index (χ1v) is 7.08. The average molecular weight is 312 g/mol. The average Bonchev–Trinajstić information content (AvgIpc) is 2.72. The van der Waals surface area contributed by atoms with Crippen LogP contribution in [-0.4, -0.2) is 14.8 Å². The molecule has 0 aliphatic heterocycles. The Kier molecular flexibility index (Phi) is 4.47. The van der Waals surface area contributed by atoms with Gasteiger partial charge in [-0.25, -0.2) is 4.39 Å². The number of rotatable bonds is 5. The van der Waals surface area contributed by atoms with E-state index in [4.69, 9.17) is 0 Å². The molecule has 2 rings (SSSR count). The SMILES string of the molecule is CCCn1c(CBr)nnc1Cc1cccc(F)c1. The third kappa shape index (κ3) is 2.96. The second-order valence-corrected chi connectivity index (χ2v) is 4.69. The van der Waals surface area contributed by atoms with Crippen molar-refractivity contribution in [3.8, 4) is 0 Å². The summed E-state index contributed by atoms with van der Waals surface area (Å²) in [6.45, 7) is 3.00. The van der Waals surface area contributed by atoms with Gasteiger partial charge in [0.1, 0.15) is 17.5 Å². The van der Waals surface area contributed by atoms with Gasteiger partial charge in [0.05, 0.1) is 5.33 Å². The lowest BCUT2D eigenvalue weighted by atomic mass is 10.1. The van der Waals surface area contributed by atoms with Gasteiger partial charge in [0, 0.05) is 13.0 Å². The van der Waals surface area contributed by atoms with E-state index < -0.39 is 0 Å². The summed E-state index contributed by atoms with van der Waals surface area (Å²) in [6, 6.07) is 6.61. The van der Waals surface area contributed by atoms with E-state index in [1.54, 1.807) is 12.1 Å². The number of hydrogen-bond donors (Lipinski definition) is 0. The van der Waals surface area contributed by atoms with Crippen molar-refractivity contribution in [3.63, 3.8) is 0 Å². The van der Waals surface area contributed by atoms with Crippen LogP contribution in [0.3, 0.4) is 0 Å². The Morgan fingerprint density at radius 1 is 1.28 bits per heavy atom. The topological polar surface area (TPSA) is 30.7 Å². The Bertz CT molecular complexity index is 525. The minimum atomic E-state index is -0.213. The molecule has 0 aliphatic rings. The lowest BCUT2D eigenvalue weighted by Gasteiger charge is -2.07. The van der Waals surface area contributed by atoms with Gasteiger partial charge in [0.15, 0.2) is 0 Å². The van der Waals surface area contributed by atoms with Crippen LogP contribution in [0.2, 0.25) is 0 Å². The number of hydrogen-bond acceptors (Lipinski definition) is 2. The standard InChI is InChI=1S/C13H15BrFN3/c1-2-6-18-12(16-17-13(18)9-14)8-10-4-3-5-11(15)7-10/h3-5,7H,2,6,8-9H2,1H3. The molecule has 0 aliphatic carbocycles. The lowest BCUT2D eigenvalue weighted by Crippen LogP contribution is -2.07. The first-order chi connectivity index (χ1) is 8.74. The third-order valence-electron chi connectivity index (χ3n) is 2.72. The largest absolute Gasteiger partial charge is 0.314 e. The van der Waals surface area contributed by atoms with Crippen molar-refractivity contribution in [2.24, 2.45) is 0 Å². The maximum Gasteiger partial charge on any atom is 0.143 e. The molecule has 0 saturated carbocycles. The fraction of sp³-hybridized carbons (Fsp3) is 0.385. The molecule has 0 radical (unpaired) electrons. The molecule has 1 heterocycles. The molecule has 0 saturated heterocycles. The normalized spacial score (nSPS) is 10.8. The molecule has 0 unspecified atom stereocenters. The second kappa shape index (κ2) is 6.09. The molecule has 1 aromatic carbocycles. The molecular formula is C13H15BrFN3. The van der Waals surface area contributed by atoms with Gasteiger partial charge in [0.25, 0.3) is 0 Å². The number of nitrogens with zero attached hydrogens (tertiary/aromatic N) is 3. The van der Waals surface area contributed by atoms with E-state index in [0.29, 0.717) is 11.8 Å². The van der Waals surface area contributed by atoms with E-state index in [1.807, 2.05) is 6.07 Å². The molecule has 0 atom stereocenters. The Labute approximate surface area is 114 Å². The zero-order chi connectivity index (χ0) is 13.0. The fourth-order valence-electron chi connectivity index (χ4n) is 1.91. The number of benzene rings is 1. The van der Waals surface area contributed by atoms with Crippen molar-refractivity contribution in [1.29, 1.82) is 0 Å². The van der Waals surface area contributed by atoms with Gasteiger partial charge in [-0.3, -0.25) is 0 Å². The first kappa shape index (κ1) is 13.2. The predicted molar refractivity (Wildman–Crippen MR) is 72.2 cm³/mol. The highest BCUT2D eigenvalue weighted by atomic mass is 79.9. The van der Waals surface area contributed by atoms with Crippen LogP contribution in [0.5, 0.6) is 0 Å². The smallest absolute Gasteiger partial charge is 0.143 e. The summed E-state index contributed by atoms with van der Waals surface area (Å²) in [7, 11) is 0. The van der Waals surface area contributed by atoms with E-state index in [2.05, 4.69) is 37.6 Å². The van der Waals surface area contributed by atoms with Crippen molar-refractivity contribution < 1.29 is 4.39 Å². The van der Waals surface area contributed by atoms with Crippen LogP contribution < -0.4 is 0 Å². The summed E-state index contributed by atoms with van der Waals surface area (Å²) in [5.74, 6) is 1.59. The number of alkyl halides is 1. The van der Waals surface area contributed by atoms with Crippen LogP contribution in [0.15, 0.2) is 24.3 Å². The Morgan fingerprint density at radius 2 is 2.06 bits per heavy atom. The van der Waals surface area contributed by atoms with Crippen LogP contribution in [0.1, 0.15) is 30.6 Å². The molecule has 0 fully saturated rings. The van der Waals surface area contributed by atoms with E-state index in [0.717, 1.165) is 30.2 Å². The van der Waals surface area contributed by atoms with Gasteiger partial charge >= 0.3 is 0 Å². The zero-order valence-electron chi connectivity index (χ0n) is 10.2. The highest BCUT2D eigenvalue weighted by molar-refractivity contribution is 9.08. The van der Waals surface area contributed by atoms with Crippen molar-refractivity contribution in [1.82, 2.24) is 14.8 Å². The quantitative estimate of drug-likeness (QED) is 0.793. The third-order valence-corrected chi connectivity index (χ3v) is 3.22. The Hall–Kier alpha value is -1.23. The number of aromatic nitrogens is 3. The van der Waals surface area contributed by atoms with Crippen molar-refractivity contribution in [2.75, 3.05) is 0 Å². The van der Waals surface area contributed by atoms with Crippen molar-refractivity contribution in [2.45, 2.75) is 31.6 Å². The summed E-state index contributed by atoms with van der Waals surface area (Å²) < 4.78 is 15.2. The molecule has 0 N–H and O–H groups in total. The van der Waals surface area contributed by atoms with Gasteiger partial charge in [-0.1, -0.05) is 35.0 Å². The minimum absolute atomic E-state index is 0.213. The van der Waals surface area contributed by atoms with Gasteiger partial charge in [-0.15, -0.1) is 10.2 Å². The molecule has 3 nitrogen and oxygen atoms in total. The van der Waals surface area contributed by atoms with Gasteiger partial charge in [0.2, 0.25) is 0 Å². The van der Waals surface area contributed by atoms with Crippen LogP contribution in [0.4, 0.5) is 4.39 Å². The predicted octanol–water partition coefficient (Wildman–Crippen LogP) is 3.31. The Balaban J connectivity index is 2.25. The maximum absolute atomic E-state index is 13.1. The molecular weight excluding hydrogens is 297 g/mol. The molecule has 5 heteroatoms. The van der Waals surface area contributed by atoms with Gasteiger partial charge in [-0.05, 0) is 24.1 Å². The molecule has 1 aromatic heterocycles. The summed E-state index contributed by atoms with van der Waals surface area (Å²) in [6.07, 6.45) is 1.63. The zero-order valence-corrected chi connectivity index (χ0v) is 11.8. The van der Waals surface area contributed by atoms with Crippen LogP contribution in [0, 0.1) is 5.82 Å². The minimum Gasteiger partial charge on any atom is -0.314 e. The van der Waals surface area contributed by atoms with Crippen LogP contribution in [0.25, 0.3) is 0 Å². The van der Waals surface area contributed by atoms with E-state index in [-0.39, 0.29) is 5.82 Å². The summed E-state index contributed by atoms with van der Waals surface area (Å²) in [5, 5.41) is 9.02. The molecule has 18 heavy (non-hydrogen) atoms. The highest BCUT2D eigenvalue weighted by Crippen LogP contribution is 2.13. The van der Waals surface area contributed by atoms with Crippen LogP contribution >= 0.6 is 15.9 Å². The maximum atomic E-state index is 13.1. The van der Waals surface area contributed by atoms with Crippen molar-refractivity contribution >= 4 is 15.9 Å². The molecule has 0 amide bonds. The summed E-state index contributed by atoms with van der Waals surface area (Å²) in [4.78, 5) is 0. The van der Waals surface area contributed by atoms with Gasteiger partial charge in [-0.2, -0.15) is 0 Å².